The molecule has 2 heteroatoms. The minimum absolute atomic E-state index is 0.193. The number of carbonyl (C=O) groups excluding carboxylic acids is 1. The van der Waals surface area contributed by atoms with Gasteiger partial charge in [0.15, 0.2) is 0 Å². The summed E-state index contributed by atoms with van der Waals surface area (Å²) in [4.78, 5) is 11.2. The van der Waals surface area contributed by atoms with Crippen LogP contribution in [0, 0.1) is 16.7 Å². The Morgan fingerprint density at radius 1 is 1.06 bits per heavy atom. The standard InChI is InChI=1S/C15H31OP/c1-12(2)8-14(4,5)10-17-11-15(6,7)9-13(3)16/h12,17H,8-11H2,1-7H3. The summed E-state index contributed by atoms with van der Waals surface area (Å²) in [5, 5.41) is 0. The monoisotopic (exact) mass is 258 g/mol. The van der Waals surface area contributed by atoms with Gasteiger partial charge in [0.2, 0.25) is 0 Å². The molecule has 1 nitrogen and oxygen atoms in total. The zero-order valence-electron chi connectivity index (χ0n) is 12.8. The number of rotatable bonds is 8. The Labute approximate surface area is 110 Å². The Morgan fingerprint density at radius 3 is 1.94 bits per heavy atom. The van der Waals surface area contributed by atoms with Crippen LogP contribution < -0.4 is 0 Å². The molecular weight excluding hydrogens is 227 g/mol. The van der Waals surface area contributed by atoms with E-state index in [0.29, 0.717) is 11.2 Å². The normalized spacial score (nSPS) is 13.9. The molecule has 0 saturated carbocycles. The van der Waals surface area contributed by atoms with Crippen molar-refractivity contribution in [2.24, 2.45) is 16.7 Å². The van der Waals surface area contributed by atoms with Crippen molar-refractivity contribution in [2.75, 3.05) is 12.3 Å². The van der Waals surface area contributed by atoms with E-state index in [1.807, 2.05) is 0 Å². The van der Waals surface area contributed by atoms with Gasteiger partial charge in [-0.2, -0.15) is 0 Å². The zero-order valence-corrected chi connectivity index (χ0v) is 13.8. The molecule has 0 bridgehead atoms. The van der Waals surface area contributed by atoms with Crippen LogP contribution in [-0.4, -0.2) is 18.1 Å². The molecule has 0 aromatic rings. The van der Waals surface area contributed by atoms with Gasteiger partial charge in [0.25, 0.3) is 0 Å². The van der Waals surface area contributed by atoms with Crippen LogP contribution in [0.1, 0.15) is 61.3 Å². The summed E-state index contributed by atoms with van der Waals surface area (Å²) < 4.78 is 0. The zero-order chi connectivity index (χ0) is 13.7. The van der Waals surface area contributed by atoms with Gasteiger partial charge in [-0.1, -0.05) is 41.5 Å². The van der Waals surface area contributed by atoms with Crippen molar-refractivity contribution in [1.29, 1.82) is 0 Å². The summed E-state index contributed by atoms with van der Waals surface area (Å²) >= 11 is 0. The predicted octanol–water partition coefficient (Wildman–Crippen LogP) is 4.74. The van der Waals surface area contributed by atoms with Crippen LogP contribution in [0.5, 0.6) is 0 Å². The quantitative estimate of drug-likeness (QED) is 0.575. The number of Topliss-reactive ketones (excluding diaryl/α,β-unsaturated/α-hetero) is 1. The van der Waals surface area contributed by atoms with Gasteiger partial charge in [-0.05, 0) is 42.4 Å². The largest absolute Gasteiger partial charge is 0.300 e. The molecule has 0 spiro atoms. The van der Waals surface area contributed by atoms with Gasteiger partial charge in [-0.3, -0.25) is 0 Å². The van der Waals surface area contributed by atoms with Crippen LogP contribution in [0.4, 0.5) is 0 Å². The molecule has 0 aliphatic heterocycles. The van der Waals surface area contributed by atoms with Crippen molar-refractivity contribution in [3.63, 3.8) is 0 Å². The SMILES string of the molecule is CC(=O)CC(C)(C)CPCC(C)(C)CC(C)C. The van der Waals surface area contributed by atoms with Crippen molar-refractivity contribution in [3.8, 4) is 0 Å². The fourth-order valence-electron chi connectivity index (χ4n) is 2.65. The third-order valence-corrected chi connectivity index (χ3v) is 5.31. The summed E-state index contributed by atoms with van der Waals surface area (Å²) in [5.74, 6) is 1.10. The summed E-state index contributed by atoms with van der Waals surface area (Å²) in [5.41, 5.74) is 0.650. The highest BCUT2D eigenvalue weighted by Crippen LogP contribution is 2.36. The first kappa shape index (κ1) is 17.1. The van der Waals surface area contributed by atoms with Gasteiger partial charge >= 0.3 is 0 Å². The summed E-state index contributed by atoms with van der Waals surface area (Å²) in [6, 6.07) is 0. The number of hydrogen-bond donors (Lipinski definition) is 0. The van der Waals surface area contributed by atoms with E-state index in [4.69, 9.17) is 0 Å². The van der Waals surface area contributed by atoms with Gasteiger partial charge in [0.1, 0.15) is 5.78 Å². The second-order valence-electron chi connectivity index (χ2n) is 7.41. The molecule has 102 valence electrons. The van der Waals surface area contributed by atoms with Crippen molar-refractivity contribution in [3.05, 3.63) is 0 Å². The van der Waals surface area contributed by atoms with E-state index in [0.717, 1.165) is 20.9 Å². The molecule has 0 rings (SSSR count). The van der Waals surface area contributed by atoms with E-state index in [9.17, 15) is 4.79 Å². The Bertz CT molecular complexity index is 241. The molecule has 0 aromatic heterocycles. The van der Waals surface area contributed by atoms with Crippen LogP contribution in [0.25, 0.3) is 0 Å². The third-order valence-electron chi connectivity index (χ3n) is 2.90. The van der Waals surface area contributed by atoms with Crippen molar-refractivity contribution >= 4 is 14.4 Å². The topological polar surface area (TPSA) is 17.1 Å². The Hall–Kier alpha value is 0.100. The summed E-state index contributed by atoms with van der Waals surface area (Å²) in [6.45, 7) is 15.5. The van der Waals surface area contributed by atoms with E-state index in [-0.39, 0.29) is 5.41 Å². The second-order valence-corrected chi connectivity index (χ2v) is 8.62. The lowest BCUT2D eigenvalue weighted by molar-refractivity contribution is -0.118. The molecule has 0 fully saturated rings. The molecular formula is C15H31OP. The van der Waals surface area contributed by atoms with E-state index in [1.165, 1.54) is 18.7 Å². The molecule has 0 amide bonds. The first-order chi connectivity index (χ1) is 7.54. The number of ketones is 1. The van der Waals surface area contributed by atoms with Gasteiger partial charge in [0, 0.05) is 6.42 Å². The molecule has 0 aliphatic carbocycles. The van der Waals surface area contributed by atoms with Gasteiger partial charge < -0.3 is 4.79 Å². The molecule has 0 N–H and O–H groups in total. The maximum Gasteiger partial charge on any atom is 0.130 e. The lowest BCUT2D eigenvalue weighted by Crippen LogP contribution is -2.21. The van der Waals surface area contributed by atoms with Crippen molar-refractivity contribution < 1.29 is 4.79 Å². The van der Waals surface area contributed by atoms with Gasteiger partial charge in [-0.25, -0.2) is 0 Å². The van der Waals surface area contributed by atoms with Gasteiger partial charge in [-0.15, -0.1) is 8.58 Å². The lowest BCUT2D eigenvalue weighted by atomic mass is 9.86. The predicted molar refractivity (Wildman–Crippen MR) is 80.4 cm³/mol. The van der Waals surface area contributed by atoms with Crippen LogP contribution in [0.15, 0.2) is 0 Å². The summed E-state index contributed by atoms with van der Waals surface area (Å²) in [7, 11) is 0.982. The molecule has 0 radical (unpaired) electrons. The average Bonchev–Trinajstić information content (AvgIpc) is 1.96. The molecule has 1 atom stereocenters. The van der Waals surface area contributed by atoms with Gasteiger partial charge in [0.05, 0.1) is 0 Å². The molecule has 0 aromatic carbocycles. The first-order valence-corrected chi connectivity index (χ1v) is 8.16. The van der Waals surface area contributed by atoms with Crippen LogP contribution in [-0.2, 0) is 4.79 Å². The molecule has 1 unspecified atom stereocenters. The van der Waals surface area contributed by atoms with Crippen molar-refractivity contribution in [2.45, 2.75) is 61.3 Å². The Morgan fingerprint density at radius 2 is 1.53 bits per heavy atom. The van der Waals surface area contributed by atoms with Crippen LogP contribution in [0.2, 0.25) is 0 Å². The highest BCUT2D eigenvalue weighted by Gasteiger charge is 2.23. The van der Waals surface area contributed by atoms with Crippen LogP contribution in [0.3, 0.4) is 0 Å². The van der Waals surface area contributed by atoms with E-state index < -0.39 is 0 Å². The second kappa shape index (κ2) is 6.88. The first-order valence-electron chi connectivity index (χ1n) is 6.74. The van der Waals surface area contributed by atoms with E-state index in [1.54, 1.807) is 6.92 Å². The maximum atomic E-state index is 11.2. The maximum absolute atomic E-state index is 11.2. The Kier molecular flexibility index (Phi) is 6.92. The highest BCUT2D eigenvalue weighted by atomic mass is 31.1. The number of carbonyl (C=O) groups is 1. The smallest absolute Gasteiger partial charge is 0.130 e. The van der Waals surface area contributed by atoms with E-state index >= 15 is 0 Å². The fraction of sp³-hybridized carbons (Fsp3) is 0.933. The molecule has 0 saturated heterocycles. The molecule has 0 heterocycles. The highest BCUT2D eigenvalue weighted by molar-refractivity contribution is 7.38. The van der Waals surface area contributed by atoms with Crippen LogP contribution >= 0.6 is 8.58 Å². The molecule has 0 aliphatic rings. The number of hydrogen-bond acceptors (Lipinski definition) is 1. The summed E-state index contributed by atoms with van der Waals surface area (Å²) in [6.07, 6.45) is 4.51. The minimum Gasteiger partial charge on any atom is -0.300 e. The van der Waals surface area contributed by atoms with Crippen molar-refractivity contribution in [1.82, 2.24) is 0 Å². The minimum atomic E-state index is 0.193. The third kappa shape index (κ3) is 9.77. The fourth-order valence-corrected chi connectivity index (χ4v) is 4.40. The molecule has 17 heavy (non-hydrogen) atoms. The lowest BCUT2D eigenvalue weighted by Gasteiger charge is -2.29. The average molecular weight is 258 g/mol. The Balaban J connectivity index is 4.01. The van der Waals surface area contributed by atoms with E-state index in [2.05, 4.69) is 41.5 Å².